The Kier molecular flexibility index (Phi) is 8.85. The van der Waals surface area contributed by atoms with Crippen molar-refractivity contribution >= 4 is 23.4 Å². The van der Waals surface area contributed by atoms with Crippen molar-refractivity contribution in [2.75, 3.05) is 20.5 Å². The van der Waals surface area contributed by atoms with E-state index in [1.165, 1.54) is 11.3 Å². The Hall–Kier alpha value is -5.03. The maximum atomic E-state index is 14.0. The summed E-state index contributed by atoms with van der Waals surface area (Å²) in [5.74, 6) is 2.65. The lowest BCUT2D eigenvalue weighted by Gasteiger charge is -2.25. The number of aromatic nitrogens is 1. The summed E-state index contributed by atoms with van der Waals surface area (Å²) in [4.78, 5) is 32.4. The minimum Gasteiger partial charge on any atom is -0.493 e. The van der Waals surface area contributed by atoms with Crippen molar-refractivity contribution in [2.24, 2.45) is 4.99 Å². The average Bonchev–Trinajstić information content (AvgIpc) is 3.63. The Bertz CT molecular complexity index is 1990. The number of thiazole rings is 1. The van der Waals surface area contributed by atoms with Gasteiger partial charge in [-0.05, 0) is 86.9 Å². The van der Waals surface area contributed by atoms with E-state index < -0.39 is 12.0 Å². The molecular weight excluding hydrogens is 608 g/mol. The van der Waals surface area contributed by atoms with Gasteiger partial charge in [0.15, 0.2) is 27.8 Å². The molecule has 0 radical (unpaired) electrons. The second-order valence-corrected chi connectivity index (χ2v) is 11.9. The molecule has 1 aromatic heterocycles. The van der Waals surface area contributed by atoms with Gasteiger partial charge in [-0.25, -0.2) is 9.79 Å². The standard InChI is InChI=1S/C35H34N2O8S/c1-6-41-34(39)31-21(4)36-35-37(32(31)24-10-14-27(45-20(2)3)28(17-24)40-5)33(38)30(46-35)16-22-7-11-25(12-8-22)42-18-23-9-13-26-29(15-23)44-19-43-26/h7-17,20,32H,6,18-19H2,1-5H3/b30-16-/t32-/m1/s1. The van der Waals surface area contributed by atoms with Crippen molar-refractivity contribution in [2.45, 2.75) is 46.4 Å². The van der Waals surface area contributed by atoms with Gasteiger partial charge in [0, 0.05) is 0 Å². The van der Waals surface area contributed by atoms with E-state index in [9.17, 15) is 9.59 Å². The van der Waals surface area contributed by atoms with Crippen molar-refractivity contribution < 1.29 is 33.2 Å². The topological polar surface area (TPSA) is 107 Å². The van der Waals surface area contributed by atoms with Crippen LogP contribution in [0.5, 0.6) is 28.7 Å². The fraction of sp³-hybridized carbons (Fsp3) is 0.286. The highest BCUT2D eigenvalue weighted by molar-refractivity contribution is 7.07. The number of rotatable bonds is 10. The van der Waals surface area contributed by atoms with Crippen LogP contribution in [0.25, 0.3) is 6.08 Å². The first kappa shape index (κ1) is 31.0. The minimum atomic E-state index is -0.772. The molecule has 0 aliphatic carbocycles. The van der Waals surface area contributed by atoms with Gasteiger partial charge in [0.1, 0.15) is 12.4 Å². The van der Waals surface area contributed by atoms with Gasteiger partial charge >= 0.3 is 5.97 Å². The van der Waals surface area contributed by atoms with Crippen LogP contribution in [0, 0.1) is 0 Å². The fourth-order valence-electron chi connectivity index (χ4n) is 5.32. The maximum Gasteiger partial charge on any atom is 0.338 e. The quantitative estimate of drug-likeness (QED) is 0.225. The number of methoxy groups -OCH3 is 1. The third-order valence-electron chi connectivity index (χ3n) is 7.40. The van der Waals surface area contributed by atoms with Gasteiger partial charge in [0.2, 0.25) is 6.79 Å². The molecule has 46 heavy (non-hydrogen) atoms. The Morgan fingerprint density at radius 1 is 1.07 bits per heavy atom. The number of benzene rings is 3. The highest BCUT2D eigenvalue weighted by Crippen LogP contribution is 2.37. The summed E-state index contributed by atoms with van der Waals surface area (Å²) in [6.45, 7) is 8.13. The summed E-state index contributed by atoms with van der Waals surface area (Å²) < 4.78 is 35.8. The van der Waals surface area contributed by atoms with Crippen LogP contribution in [0.2, 0.25) is 0 Å². The van der Waals surface area contributed by atoms with Gasteiger partial charge in [0.25, 0.3) is 5.56 Å². The van der Waals surface area contributed by atoms with E-state index in [0.717, 1.165) is 16.9 Å². The summed E-state index contributed by atoms with van der Waals surface area (Å²) in [5, 5.41) is 0. The molecule has 1 atom stereocenters. The molecule has 0 N–H and O–H groups in total. The molecule has 3 aromatic carbocycles. The van der Waals surface area contributed by atoms with E-state index in [0.29, 0.717) is 55.8 Å². The molecule has 0 spiro atoms. The number of allylic oxidation sites excluding steroid dienone is 1. The van der Waals surface area contributed by atoms with Crippen molar-refractivity contribution in [3.8, 4) is 28.7 Å². The smallest absolute Gasteiger partial charge is 0.338 e. The second kappa shape index (κ2) is 13.1. The van der Waals surface area contributed by atoms with Gasteiger partial charge in [0.05, 0.1) is 41.7 Å². The van der Waals surface area contributed by atoms with Crippen LogP contribution in [0.15, 0.2) is 81.7 Å². The number of ether oxygens (including phenoxy) is 6. The number of hydrogen-bond acceptors (Lipinski definition) is 10. The molecule has 10 nitrogen and oxygen atoms in total. The lowest BCUT2D eigenvalue weighted by Crippen LogP contribution is -2.40. The number of nitrogens with zero attached hydrogens (tertiary/aromatic N) is 2. The van der Waals surface area contributed by atoms with E-state index in [2.05, 4.69) is 4.99 Å². The zero-order valence-electron chi connectivity index (χ0n) is 26.2. The van der Waals surface area contributed by atoms with E-state index in [4.69, 9.17) is 28.4 Å². The second-order valence-electron chi connectivity index (χ2n) is 10.9. The van der Waals surface area contributed by atoms with E-state index >= 15 is 0 Å². The Morgan fingerprint density at radius 2 is 1.85 bits per heavy atom. The van der Waals surface area contributed by atoms with Gasteiger partial charge in [-0.1, -0.05) is 35.6 Å². The highest BCUT2D eigenvalue weighted by atomic mass is 32.1. The molecule has 238 valence electrons. The molecule has 0 amide bonds. The third kappa shape index (κ3) is 6.23. The lowest BCUT2D eigenvalue weighted by atomic mass is 9.95. The molecule has 4 aromatic rings. The SMILES string of the molecule is CCOC(=O)C1=C(C)N=c2s/c(=C\c3ccc(OCc4ccc5c(c4)OCO5)cc3)c(=O)n2[C@@H]1c1ccc(OC(C)C)c(OC)c1. The Labute approximate surface area is 269 Å². The van der Waals surface area contributed by atoms with Crippen LogP contribution in [-0.2, 0) is 16.1 Å². The fourth-order valence-corrected chi connectivity index (χ4v) is 6.37. The molecule has 0 saturated carbocycles. The minimum absolute atomic E-state index is 0.0645. The molecule has 3 heterocycles. The number of hydrogen-bond donors (Lipinski definition) is 0. The molecule has 0 unspecified atom stereocenters. The van der Waals surface area contributed by atoms with Crippen molar-refractivity contribution in [1.82, 2.24) is 4.57 Å². The van der Waals surface area contributed by atoms with Gasteiger partial charge in [-0.15, -0.1) is 0 Å². The van der Waals surface area contributed by atoms with Crippen LogP contribution < -0.4 is 38.6 Å². The molecule has 0 fully saturated rings. The molecule has 0 saturated heterocycles. The van der Waals surface area contributed by atoms with Crippen molar-refractivity contribution in [3.63, 3.8) is 0 Å². The predicted molar refractivity (Wildman–Crippen MR) is 172 cm³/mol. The monoisotopic (exact) mass is 642 g/mol. The van der Waals surface area contributed by atoms with E-state index in [-0.39, 0.29) is 25.1 Å². The Balaban J connectivity index is 1.32. The van der Waals surface area contributed by atoms with Crippen LogP contribution >= 0.6 is 11.3 Å². The van der Waals surface area contributed by atoms with Crippen LogP contribution in [0.4, 0.5) is 0 Å². The summed E-state index contributed by atoms with van der Waals surface area (Å²) >= 11 is 1.26. The Morgan fingerprint density at radius 3 is 2.59 bits per heavy atom. The van der Waals surface area contributed by atoms with Crippen molar-refractivity contribution in [3.05, 3.63) is 108 Å². The average molecular weight is 643 g/mol. The van der Waals surface area contributed by atoms with Gasteiger partial charge in [-0.3, -0.25) is 9.36 Å². The summed E-state index contributed by atoms with van der Waals surface area (Å²) in [6.07, 6.45) is 1.75. The van der Waals surface area contributed by atoms with Gasteiger partial charge in [-0.2, -0.15) is 0 Å². The molecule has 6 rings (SSSR count). The lowest BCUT2D eigenvalue weighted by molar-refractivity contribution is -0.139. The summed E-state index contributed by atoms with van der Waals surface area (Å²) in [5.41, 5.74) is 2.96. The first-order valence-corrected chi connectivity index (χ1v) is 15.7. The highest BCUT2D eigenvalue weighted by Gasteiger charge is 2.34. The number of fused-ring (bicyclic) bond motifs is 2. The third-order valence-corrected chi connectivity index (χ3v) is 8.39. The van der Waals surface area contributed by atoms with Crippen LogP contribution in [0.3, 0.4) is 0 Å². The first-order chi connectivity index (χ1) is 22.2. The first-order valence-electron chi connectivity index (χ1n) is 14.9. The number of carbonyl (C=O) groups is 1. The van der Waals surface area contributed by atoms with Crippen LogP contribution in [0.1, 0.15) is 50.4 Å². The number of carbonyl (C=O) groups excluding carboxylic acids is 1. The molecular formula is C35H34N2O8S. The zero-order chi connectivity index (χ0) is 32.4. The van der Waals surface area contributed by atoms with Crippen molar-refractivity contribution in [1.29, 1.82) is 0 Å². The van der Waals surface area contributed by atoms with E-state index in [1.54, 1.807) is 37.7 Å². The molecule has 11 heteroatoms. The summed E-state index contributed by atoms with van der Waals surface area (Å²) in [6, 6.07) is 17.8. The maximum absolute atomic E-state index is 14.0. The number of esters is 1. The predicted octanol–water partition coefficient (Wildman–Crippen LogP) is 4.90. The van der Waals surface area contributed by atoms with Gasteiger partial charge < -0.3 is 28.4 Å². The largest absolute Gasteiger partial charge is 0.493 e. The summed E-state index contributed by atoms with van der Waals surface area (Å²) in [7, 11) is 1.55. The normalized spacial score (nSPS) is 15.4. The van der Waals surface area contributed by atoms with Crippen LogP contribution in [-0.4, -0.2) is 37.1 Å². The molecule has 0 bridgehead atoms. The molecule has 2 aliphatic rings. The zero-order valence-corrected chi connectivity index (χ0v) is 27.0. The van der Waals surface area contributed by atoms with E-state index in [1.807, 2.05) is 68.5 Å². The molecule has 2 aliphatic heterocycles.